The van der Waals surface area contributed by atoms with Gasteiger partial charge in [-0.25, -0.2) is 12.7 Å². The topological polar surface area (TPSA) is 54.5 Å². The monoisotopic (exact) mass is 245 g/mol. The lowest BCUT2D eigenvalue weighted by Crippen LogP contribution is -2.43. The van der Waals surface area contributed by atoms with Gasteiger partial charge in [-0.2, -0.15) is 0 Å². The van der Waals surface area contributed by atoms with Gasteiger partial charge in [0.1, 0.15) is 0 Å². The highest BCUT2D eigenvalue weighted by Gasteiger charge is 2.25. The molecule has 0 aromatic heterocycles. The summed E-state index contributed by atoms with van der Waals surface area (Å²) in [6.07, 6.45) is 0. The Hall–Kier alpha value is 0.350. The summed E-state index contributed by atoms with van der Waals surface area (Å²) in [7, 11) is -4.03. The summed E-state index contributed by atoms with van der Waals surface area (Å²) in [6.45, 7) is 0.734. The van der Waals surface area contributed by atoms with Crippen molar-refractivity contribution in [3.05, 3.63) is 0 Å². The maximum absolute atomic E-state index is 11.4. The largest absolute Gasteiger partial charge is 0.259 e. The summed E-state index contributed by atoms with van der Waals surface area (Å²) in [6, 6.07) is 0. The lowest BCUT2D eigenvalue weighted by Gasteiger charge is -2.25. The van der Waals surface area contributed by atoms with E-state index in [9.17, 15) is 12.6 Å². The van der Waals surface area contributed by atoms with Crippen LogP contribution in [0, 0.1) is 0 Å². The highest BCUT2D eigenvalue weighted by Crippen LogP contribution is 2.07. The molecule has 0 aromatic rings. The second kappa shape index (κ2) is 4.72. The molecule has 4 nitrogen and oxygen atoms in total. The standard InChI is InChI=1S/C6H12ClNO3S2/c7-1-6-13(10,11)8-2-4-12(9)5-3-8/h1-6H2. The molecule has 0 aliphatic carbocycles. The normalized spacial score (nSPS) is 21.9. The fourth-order valence-electron chi connectivity index (χ4n) is 1.13. The van der Waals surface area contributed by atoms with E-state index in [1.54, 1.807) is 0 Å². The second-order valence-corrected chi connectivity index (χ2v) is 6.91. The summed E-state index contributed by atoms with van der Waals surface area (Å²) < 4.78 is 35.2. The maximum atomic E-state index is 11.4. The van der Waals surface area contributed by atoms with Gasteiger partial charge in [-0.05, 0) is 0 Å². The molecule has 0 amide bonds. The summed E-state index contributed by atoms with van der Waals surface area (Å²) in [5.74, 6) is 0.978. The molecule has 0 unspecified atom stereocenters. The summed E-state index contributed by atoms with van der Waals surface area (Å²) in [4.78, 5) is 0. The molecule has 78 valence electrons. The van der Waals surface area contributed by atoms with Crippen molar-refractivity contribution in [1.82, 2.24) is 4.31 Å². The van der Waals surface area contributed by atoms with Gasteiger partial charge in [0, 0.05) is 41.3 Å². The predicted octanol–water partition coefficient (Wildman–Crippen LogP) is -0.381. The molecule has 1 aliphatic rings. The van der Waals surface area contributed by atoms with Gasteiger partial charge in [-0.15, -0.1) is 11.6 Å². The predicted molar refractivity (Wildman–Crippen MR) is 54.0 cm³/mol. The van der Waals surface area contributed by atoms with E-state index in [1.807, 2.05) is 0 Å². The Kier molecular flexibility index (Phi) is 4.15. The minimum absolute atomic E-state index is 0.0266. The molecule has 7 heteroatoms. The van der Waals surface area contributed by atoms with Crippen LogP contribution in [0.4, 0.5) is 0 Å². The summed E-state index contributed by atoms with van der Waals surface area (Å²) in [5, 5.41) is 0. The van der Waals surface area contributed by atoms with E-state index in [0.29, 0.717) is 24.6 Å². The van der Waals surface area contributed by atoms with Crippen LogP contribution in [0.5, 0.6) is 0 Å². The van der Waals surface area contributed by atoms with Crippen LogP contribution in [0.15, 0.2) is 0 Å². The van der Waals surface area contributed by atoms with Crippen molar-refractivity contribution < 1.29 is 12.6 Å². The van der Waals surface area contributed by atoms with Crippen LogP contribution >= 0.6 is 11.6 Å². The quantitative estimate of drug-likeness (QED) is 0.637. The van der Waals surface area contributed by atoms with Crippen molar-refractivity contribution in [3.63, 3.8) is 0 Å². The Morgan fingerprint density at radius 2 is 1.85 bits per heavy atom. The van der Waals surface area contributed by atoms with Crippen LogP contribution in [0.1, 0.15) is 0 Å². The molecule has 1 rings (SSSR count). The lowest BCUT2D eigenvalue weighted by atomic mass is 10.6. The molecule has 0 spiro atoms. The zero-order valence-corrected chi connectivity index (χ0v) is 9.50. The lowest BCUT2D eigenvalue weighted by molar-refractivity contribution is 0.440. The van der Waals surface area contributed by atoms with Gasteiger partial charge in [-0.1, -0.05) is 0 Å². The van der Waals surface area contributed by atoms with Gasteiger partial charge in [0.2, 0.25) is 10.0 Å². The third-order valence-corrected chi connectivity index (χ3v) is 5.43. The second-order valence-electron chi connectivity index (χ2n) is 2.75. The van der Waals surface area contributed by atoms with Crippen molar-refractivity contribution in [2.24, 2.45) is 0 Å². The van der Waals surface area contributed by atoms with E-state index in [2.05, 4.69) is 0 Å². The van der Waals surface area contributed by atoms with Crippen LogP contribution in [0.2, 0.25) is 0 Å². The molecule has 0 saturated carbocycles. The van der Waals surface area contributed by atoms with Crippen molar-refractivity contribution in [2.45, 2.75) is 0 Å². The molecule has 1 heterocycles. The van der Waals surface area contributed by atoms with E-state index in [4.69, 9.17) is 11.6 Å². The highest BCUT2D eigenvalue weighted by atomic mass is 35.5. The first-order chi connectivity index (χ1) is 6.06. The number of sulfonamides is 1. The Labute approximate surface area is 85.8 Å². The number of rotatable bonds is 3. The smallest absolute Gasteiger partial charge is 0.215 e. The zero-order valence-electron chi connectivity index (χ0n) is 7.11. The third kappa shape index (κ3) is 3.19. The van der Waals surface area contributed by atoms with Crippen LogP contribution in [-0.4, -0.2) is 53.2 Å². The molecule has 0 radical (unpaired) electrons. The van der Waals surface area contributed by atoms with E-state index < -0.39 is 20.8 Å². The first kappa shape index (κ1) is 11.4. The van der Waals surface area contributed by atoms with Crippen molar-refractivity contribution >= 4 is 32.4 Å². The number of hydrogen-bond donors (Lipinski definition) is 0. The van der Waals surface area contributed by atoms with Crippen molar-refractivity contribution in [1.29, 1.82) is 0 Å². The van der Waals surface area contributed by atoms with Gasteiger partial charge >= 0.3 is 0 Å². The molecule has 0 bridgehead atoms. The van der Waals surface area contributed by atoms with Gasteiger partial charge in [0.05, 0.1) is 5.75 Å². The van der Waals surface area contributed by atoms with E-state index in [1.165, 1.54) is 4.31 Å². The van der Waals surface area contributed by atoms with Crippen LogP contribution < -0.4 is 0 Å². The van der Waals surface area contributed by atoms with Crippen molar-refractivity contribution in [3.8, 4) is 0 Å². The first-order valence-corrected chi connectivity index (χ1v) is 7.58. The molecule has 0 aromatic carbocycles. The van der Waals surface area contributed by atoms with Gasteiger partial charge < -0.3 is 0 Å². The number of nitrogens with zero attached hydrogens (tertiary/aromatic N) is 1. The highest BCUT2D eigenvalue weighted by molar-refractivity contribution is 7.89. The molecular weight excluding hydrogens is 234 g/mol. The fourth-order valence-corrected chi connectivity index (χ4v) is 4.19. The summed E-state index contributed by atoms with van der Waals surface area (Å²) in [5.41, 5.74) is 0. The Morgan fingerprint density at radius 1 is 1.31 bits per heavy atom. The zero-order chi connectivity index (χ0) is 9.90. The minimum atomic E-state index is -3.19. The fraction of sp³-hybridized carbons (Fsp3) is 1.00. The van der Waals surface area contributed by atoms with E-state index in [0.717, 1.165) is 0 Å². The minimum Gasteiger partial charge on any atom is -0.259 e. The van der Waals surface area contributed by atoms with E-state index >= 15 is 0 Å². The molecule has 1 saturated heterocycles. The Morgan fingerprint density at radius 3 is 2.31 bits per heavy atom. The number of halogens is 1. The molecular formula is C6H12ClNO3S2. The molecule has 0 N–H and O–H groups in total. The number of hydrogen-bond acceptors (Lipinski definition) is 3. The molecule has 0 atom stereocenters. The van der Waals surface area contributed by atoms with Gasteiger partial charge in [-0.3, -0.25) is 4.21 Å². The molecule has 1 fully saturated rings. The third-order valence-electron chi connectivity index (χ3n) is 1.87. The van der Waals surface area contributed by atoms with E-state index in [-0.39, 0.29) is 11.6 Å². The van der Waals surface area contributed by atoms with Gasteiger partial charge in [0.25, 0.3) is 0 Å². The Balaban J connectivity index is 2.58. The van der Waals surface area contributed by atoms with Crippen LogP contribution in [0.25, 0.3) is 0 Å². The van der Waals surface area contributed by atoms with Crippen LogP contribution in [-0.2, 0) is 20.8 Å². The van der Waals surface area contributed by atoms with Gasteiger partial charge in [0.15, 0.2) is 0 Å². The number of alkyl halides is 1. The van der Waals surface area contributed by atoms with Crippen LogP contribution in [0.3, 0.4) is 0 Å². The SMILES string of the molecule is O=S1CCN(S(=O)(=O)CCCl)CC1. The average Bonchev–Trinajstić information content (AvgIpc) is 2.05. The first-order valence-electron chi connectivity index (χ1n) is 3.95. The summed E-state index contributed by atoms with van der Waals surface area (Å²) >= 11 is 5.37. The average molecular weight is 246 g/mol. The molecule has 1 aliphatic heterocycles. The molecule has 13 heavy (non-hydrogen) atoms. The van der Waals surface area contributed by atoms with Crippen molar-refractivity contribution in [2.75, 3.05) is 36.2 Å². The Bertz CT molecular complexity index is 280. The maximum Gasteiger partial charge on any atom is 0.215 e.